The second-order valence-electron chi connectivity index (χ2n) is 9.77. The number of amides is 1. The third-order valence-electron chi connectivity index (χ3n) is 6.28. The van der Waals surface area contributed by atoms with Gasteiger partial charge in [0.25, 0.3) is 5.91 Å². The van der Waals surface area contributed by atoms with Gasteiger partial charge in [-0.1, -0.05) is 66.2 Å². The van der Waals surface area contributed by atoms with Crippen LogP contribution in [0.5, 0.6) is 0 Å². The molecule has 0 aliphatic heterocycles. The van der Waals surface area contributed by atoms with Crippen LogP contribution < -0.4 is 5.32 Å². The molecule has 1 amide bonds. The maximum absolute atomic E-state index is 13.4. The zero-order valence-corrected chi connectivity index (χ0v) is 23.1. The van der Waals surface area contributed by atoms with Gasteiger partial charge in [-0.2, -0.15) is 5.26 Å². The minimum Gasteiger partial charge on any atom is -0.447 e. The number of nitriles is 1. The first kappa shape index (κ1) is 29.4. The Morgan fingerprint density at radius 3 is 2.23 bits per heavy atom. The summed E-state index contributed by atoms with van der Waals surface area (Å²) in [6.07, 6.45) is -0.740. The Morgan fingerprint density at radius 2 is 1.62 bits per heavy atom. The minimum absolute atomic E-state index is 0.201. The van der Waals surface area contributed by atoms with Gasteiger partial charge in [-0.25, -0.2) is 4.79 Å². The van der Waals surface area contributed by atoms with Crippen molar-refractivity contribution in [2.24, 2.45) is 0 Å². The highest BCUT2D eigenvalue weighted by Crippen LogP contribution is 2.28. The predicted octanol–water partition coefficient (Wildman–Crippen LogP) is 5.67. The molecule has 0 fully saturated rings. The number of benzene rings is 3. The molecule has 0 aliphatic rings. The second kappa shape index (κ2) is 13.1. The molecule has 0 heterocycles. The third kappa shape index (κ3) is 8.17. The molecule has 0 aromatic heterocycles. The SMILES string of the molecule is CC(=O)O[C@@H](C(=O)OC(C)(C)C(=O)N[C@@H](C)[C@@H](Cc1ccc(Cl)cc1)c1cccc(C#N)c1)c1ccccc1. The van der Waals surface area contributed by atoms with Crippen molar-refractivity contribution in [1.29, 1.82) is 5.26 Å². The van der Waals surface area contributed by atoms with E-state index in [2.05, 4.69) is 11.4 Å². The van der Waals surface area contributed by atoms with E-state index in [1.54, 1.807) is 54.6 Å². The van der Waals surface area contributed by atoms with Gasteiger partial charge in [-0.05, 0) is 62.6 Å². The quantitative estimate of drug-likeness (QED) is 0.328. The van der Waals surface area contributed by atoms with Crippen molar-refractivity contribution in [3.8, 4) is 6.07 Å². The molecule has 0 unspecified atom stereocenters. The van der Waals surface area contributed by atoms with Crippen LogP contribution in [0.25, 0.3) is 0 Å². The Hall–Kier alpha value is -4.15. The molecule has 7 nitrogen and oxygen atoms in total. The van der Waals surface area contributed by atoms with Crippen molar-refractivity contribution in [3.63, 3.8) is 0 Å². The molecule has 0 saturated heterocycles. The number of nitrogens with one attached hydrogen (secondary N) is 1. The molecule has 0 spiro atoms. The van der Waals surface area contributed by atoms with E-state index in [0.29, 0.717) is 22.6 Å². The fourth-order valence-electron chi connectivity index (χ4n) is 4.18. The normalized spacial score (nSPS) is 13.3. The van der Waals surface area contributed by atoms with E-state index in [-0.39, 0.29) is 5.92 Å². The molecule has 1 N–H and O–H groups in total. The summed E-state index contributed by atoms with van der Waals surface area (Å²) in [6, 6.07) is 24.9. The van der Waals surface area contributed by atoms with E-state index in [4.69, 9.17) is 21.1 Å². The Balaban J connectivity index is 1.80. The lowest BCUT2D eigenvalue weighted by atomic mass is 9.85. The average Bonchev–Trinajstić information content (AvgIpc) is 2.91. The second-order valence-corrected chi connectivity index (χ2v) is 10.2. The molecule has 3 aromatic carbocycles. The van der Waals surface area contributed by atoms with Crippen LogP contribution >= 0.6 is 11.6 Å². The van der Waals surface area contributed by atoms with E-state index >= 15 is 0 Å². The summed E-state index contributed by atoms with van der Waals surface area (Å²) in [7, 11) is 0. The summed E-state index contributed by atoms with van der Waals surface area (Å²) in [5.74, 6) is -2.23. The summed E-state index contributed by atoms with van der Waals surface area (Å²) in [5, 5.41) is 13.0. The summed E-state index contributed by atoms with van der Waals surface area (Å²) < 4.78 is 10.8. The van der Waals surface area contributed by atoms with Gasteiger partial charge in [0.1, 0.15) is 0 Å². The summed E-state index contributed by atoms with van der Waals surface area (Å²) in [4.78, 5) is 38.1. The molecule has 202 valence electrons. The number of carbonyl (C=O) groups is 3. The van der Waals surface area contributed by atoms with Crippen molar-refractivity contribution < 1.29 is 23.9 Å². The summed E-state index contributed by atoms with van der Waals surface area (Å²) in [6.45, 7) is 6.02. The molecule has 3 aromatic rings. The predicted molar refractivity (Wildman–Crippen MR) is 148 cm³/mol. The van der Waals surface area contributed by atoms with Crippen molar-refractivity contribution in [3.05, 3.63) is 106 Å². The number of rotatable bonds is 10. The van der Waals surface area contributed by atoms with Crippen LogP contribution in [0.2, 0.25) is 5.02 Å². The lowest BCUT2D eigenvalue weighted by molar-refractivity contribution is -0.180. The van der Waals surface area contributed by atoms with E-state index in [1.807, 2.05) is 31.2 Å². The van der Waals surface area contributed by atoms with Gasteiger partial charge in [0, 0.05) is 29.5 Å². The molecule has 39 heavy (non-hydrogen) atoms. The number of hydrogen-bond acceptors (Lipinski definition) is 6. The van der Waals surface area contributed by atoms with Gasteiger partial charge >= 0.3 is 11.9 Å². The molecule has 0 aliphatic carbocycles. The van der Waals surface area contributed by atoms with Gasteiger partial charge in [0.15, 0.2) is 5.60 Å². The van der Waals surface area contributed by atoms with Crippen molar-refractivity contribution >= 4 is 29.4 Å². The molecule has 0 radical (unpaired) electrons. The highest BCUT2D eigenvalue weighted by molar-refractivity contribution is 6.30. The number of ether oxygens (including phenoxy) is 2. The Morgan fingerprint density at radius 1 is 0.974 bits per heavy atom. The summed E-state index contributed by atoms with van der Waals surface area (Å²) in [5.41, 5.74) is 1.26. The highest BCUT2D eigenvalue weighted by Gasteiger charge is 2.38. The molecule has 8 heteroatoms. The van der Waals surface area contributed by atoms with Crippen molar-refractivity contribution in [2.45, 2.75) is 57.8 Å². The zero-order chi connectivity index (χ0) is 28.6. The maximum atomic E-state index is 13.4. The zero-order valence-electron chi connectivity index (χ0n) is 22.3. The number of nitrogens with zero attached hydrogens (tertiary/aromatic N) is 1. The van der Waals surface area contributed by atoms with Crippen LogP contribution in [-0.4, -0.2) is 29.5 Å². The lowest BCUT2D eigenvalue weighted by Crippen LogP contribution is -2.50. The van der Waals surface area contributed by atoms with Crippen LogP contribution in [0.15, 0.2) is 78.9 Å². The number of carbonyl (C=O) groups excluding carboxylic acids is 3. The number of esters is 2. The van der Waals surface area contributed by atoms with Gasteiger partial charge in [0.2, 0.25) is 6.10 Å². The van der Waals surface area contributed by atoms with Crippen molar-refractivity contribution in [2.75, 3.05) is 0 Å². The first-order chi connectivity index (χ1) is 18.5. The Bertz CT molecular complexity index is 1350. The van der Waals surface area contributed by atoms with Gasteiger partial charge < -0.3 is 14.8 Å². The van der Waals surface area contributed by atoms with Gasteiger partial charge in [-0.3, -0.25) is 9.59 Å². The fourth-order valence-corrected chi connectivity index (χ4v) is 4.30. The van der Waals surface area contributed by atoms with Crippen molar-refractivity contribution in [1.82, 2.24) is 5.32 Å². The first-order valence-corrected chi connectivity index (χ1v) is 12.9. The largest absolute Gasteiger partial charge is 0.447 e. The van der Waals surface area contributed by atoms with Crippen LogP contribution in [0.3, 0.4) is 0 Å². The van der Waals surface area contributed by atoms with Crippen LogP contribution in [-0.2, 0) is 30.3 Å². The van der Waals surface area contributed by atoms with E-state index in [0.717, 1.165) is 11.1 Å². The molecular formula is C31H31ClN2O5. The third-order valence-corrected chi connectivity index (χ3v) is 6.53. The fraction of sp³-hybridized carbons (Fsp3) is 0.290. The maximum Gasteiger partial charge on any atom is 0.353 e. The minimum atomic E-state index is -1.57. The Labute approximate surface area is 233 Å². The van der Waals surface area contributed by atoms with Gasteiger partial charge in [-0.15, -0.1) is 0 Å². The molecule has 0 bridgehead atoms. The molecule has 3 atom stereocenters. The molecule has 3 rings (SSSR count). The van der Waals surface area contributed by atoms with E-state index in [1.165, 1.54) is 20.8 Å². The monoisotopic (exact) mass is 546 g/mol. The van der Waals surface area contributed by atoms with Crippen LogP contribution in [0, 0.1) is 11.3 Å². The standard InChI is InChI=1S/C31H31ClN2O5/c1-20(27(18-22-13-15-26(32)16-14-22)25-12-8-9-23(17-25)19-33)34-30(37)31(3,4)39-29(36)28(38-21(2)35)24-10-6-5-7-11-24/h5-17,20,27-28H,18H2,1-4H3,(H,34,37)/t20-,27+,28+/m0/s1. The number of halogens is 1. The van der Waals surface area contributed by atoms with Gasteiger partial charge in [0.05, 0.1) is 11.6 Å². The first-order valence-electron chi connectivity index (χ1n) is 12.5. The van der Waals surface area contributed by atoms with E-state index < -0.39 is 35.6 Å². The topological polar surface area (TPSA) is 105 Å². The molecule has 0 saturated carbocycles. The lowest BCUT2D eigenvalue weighted by Gasteiger charge is -2.31. The number of hydrogen-bond donors (Lipinski definition) is 1. The highest BCUT2D eigenvalue weighted by atomic mass is 35.5. The smallest absolute Gasteiger partial charge is 0.353 e. The average molecular weight is 547 g/mol. The Kier molecular flexibility index (Phi) is 9.86. The van der Waals surface area contributed by atoms with Crippen LogP contribution in [0.1, 0.15) is 62.0 Å². The van der Waals surface area contributed by atoms with E-state index in [9.17, 15) is 19.6 Å². The summed E-state index contributed by atoms with van der Waals surface area (Å²) >= 11 is 6.05. The molecular weight excluding hydrogens is 516 g/mol. The van der Waals surface area contributed by atoms with Crippen LogP contribution in [0.4, 0.5) is 0 Å².